The molecule has 7 nitrogen and oxygen atoms in total. The second-order valence-corrected chi connectivity index (χ2v) is 6.26. The zero-order chi connectivity index (χ0) is 17.6. The lowest BCUT2D eigenvalue weighted by Gasteiger charge is -2.30. The molecular formula is C18H23N5O2. The first kappa shape index (κ1) is 17.0. The molecule has 3 amide bonds. The summed E-state index contributed by atoms with van der Waals surface area (Å²) in [6.07, 6.45) is 5.71. The highest BCUT2D eigenvalue weighted by molar-refractivity contribution is 5.78. The van der Waals surface area contributed by atoms with E-state index in [2.05, 4.69) is 10.4 Å². The molecule has 0 radical (unpaired) electrons. The van der Waals surface area contributed by atoms with Crippen LogP contribution >= 0.6 is 0 Å². The molecule has 0 atom stereocenters. The molecule has 2 heterocycles. The lowest BCUT2D eigenvalue weighted by Crippen LogP contribution is -2.46. The summed E-state index contributed by atoms with van der Waals surface area (Å²) in [5.41, 5.74) is 7.48. The van der Waals surface area contributed by atoms with Crippen molar-refractivity contribution >= 4 is 11.9 Å². The summed E-state index contributed by atoms with van der Waals surface area (Å²) in [6, 6.07) is 9.92. The van der Waals surface area contributed by atoms with Gasteiger partial charge in [0.15, 0.2) is 0 Å². The number of nitrogens with zero attached hydrogens (tertiary/aromatic N) is 3. The number of carbonyl (C=O) groups excluding carboxylic acids is 2. The zero-order valence-corrected chi connectivity index (χ0v) is 14.1. The molecule has 1 aromatic carbocycles. The van der Waals surface area contributed by atoms with Gasteiger partial charge in [-0.3, -0.25) is 4.79 Å². The van der Waals surface area contributed by atoms with E-state index in [0.29, 0.717) is 32.5 Å². The van der Waals surface area contributed by atoms with Gasteiger partial charge in [-0.15, -0.1) is 0 Å². The van der Waals surface area contributed by atoms with Crippen molar-refractivity contribution in [2.24, 2.45) is 11.7 Å². The minimum absolute atomic E-state index is 0.0731. The van der Waals surface area contributed by atoms with Gasteiger partial charge in [-0.25, -0.2) is 9.48 Å². The summed E-state index contributed by atoms with van der Waals surface area (Å²) in [4.78, 5) is 25.1. The summed E-state index contributed by atoms with van der Waals surface area (Å²) in [6.45, 7) is 1.74. The smallest absolute Gasteiger partial charge is 0.317 e. The number of amides is 3. The molecule has 0 bridgehead atoms. The van der Waals surface area contributed by atoms with Gasteiger partial charge in [-0.05, 0) is 43.0 Å². The van der Waals surface area contributed by atoms with Crippen LogP contribution in [0.4, 0.5) is 4.79 Å². The number of nitrogens with two attached hydrogens (primary N) is 1. The number of nitrogens with one attached hydrogen (secondary N) is 1. The van der Waals surface area contributed by atoms with E-state index in [0.717, 1.165) is 17.7 Å². The number of carbonyl (C=O) groups is 2. The van der Waals surface area contributed by atoms with Crippen LogP contribution in [0, 0.1) is 5.92 Å². The summed E-state index contributed by atoms with van der Waals surface area (Å²) in [5.74, 6) is -0.365. The predicted octanol–water partition coefficient (Wildman–Crippen LogP) is 1.32. The summed E-state index contributed by atoms with van der Waals surface area (Å²) >= 11 is 0. The monoisotopic (exact) mass is 341 g/mol. The highest BCUT2D eigenvalue weighted by atomic mass is 16.2. The van der Waals surface area contributed by atoms with Crippen molar-refractivity contribution in [2.45, 2.75) is 19.3 Å². The molecule has 0 unspecified atom stereocenters. The number of piperidine rings is 1. The average Bonchev–Trinajstić information content (AvgIpc) is 3.17. The Morgan fingerprint density at radius 1 is 1.20 bits per heavy atom. The van der Waals surface area contributed by atoms with Crippen LogP contribution in [0.15, 0.2) is 42.7 Å². The Morgan fingerprint density at radius 2 is 1.92 bits per heavy atom. The maximum atomic E-state index is 12.2. The van der Waals surface area contributed by atoms with E-state index in [4.69, 9.17) is 5.73 Å². The van der Waals surface area contributed by atoms with Crippen molar-refractivity contribution in [3.63, 3.8) is 0 Å². The first-order valence-corrected chi connectivity index (χ1v) is 8.54. The molecule has 0 spiro atoms. The van der Waals surface area contributed by atoms with Gasteiger partial charge in [0.05, 0.1) is 5.69 Å². The van der Waals surface area contributed by atoms with Crippen LogP contribution in [-0.2, 0) is 11.2 Å². The third-order valence-corrected chi connectivity index (χ3v) is 4.58. The van der Waals surface area contributed by atoms with Crippen molar-refractivity contribution < 1.29 is 9.59 Å². The molecule has 0 aliphatic carbocycles. The Morgan fingerprint density at radius 3 is 2.52 bits per heavy atom. The topological polar surface area (TPSA) is 93.3 Å². The molecule has 1 aliphatic heterocycles. The van der Waals surface area contributed by atoms with E-state index >= 15 is 0 Å². The van der Waals surface area contributed by atoms with E-state index in [1.54, 1.807) is 15.8 Å². The Hall–Kier alpha value is -2.83. The lowest BCUT2D eigenvalue weighted by atomic mass is 9.96. The molecule has 1 aliphatic rings. The quantitative estimate of drug-likeness (QED) is 0.859. The standard InChI is InChI=1S/C18H23N5O2/c19-17(24)15-7-12-22(13-8-15)18(25)20-10-6-14-2-4-16(5-3-14)23-11-1-9-21-23/h1-5,9,11,15H,6-8,10,12-13H2,(H2,19,24)(H,20,25). The fourth-order valence-electron chi connectivity index (χ4n) is 3.03. The first-order valence-electron chi connectivity index (χ1n) is 8.54. The highest BCUT2D eigenvalue weighted by Crippen LogP contribution is 2.16. The predicted molar refractivity (Wildman–Crippen MR) is 94.2 cm³/mol. The van der Waals surface area contributed by atoms with Crippen molar-refractivity contribution in [3.8, 4) is 5.69 Å². The Labute approximate surface area is 146 Å². The molecule has 3 rings (SSSR count). The van der Waals surface area contributed by atoms with Crippen molar-refractivity contribution in [1.82, 2.24) is 20.0 Å². The van der Waals surface area contributed by atoms with Crippen molar-refractivity contribution in [3.05, 3.63) is 48.3 Å². The average molecular weight is 341 g/mol. The molecule has 3 N–H and O–H groups in total. The van der Waals surface area contributed by atoms with Crippen LogP contribution in [0.25, 0.3) is 5.69 Å². The Kier molecular flexibility index (Phi) is 5.33. The van der Waals surface area contributed by atoms with Crippen LogP contribution in [0.2, 0.25) is 0 Å². The number of aromatic nitrogens is 2. The maximum Gasteiger partial charge on any atom is 0.317 e. The molecule has 7 heteroatoms. The summed E-state index contributed by atoms with van der Waals surface area (Å²) < 4.78 is 1.81. The van der Waals surface area contributed by atoms with Crippen LogP contribution < -0.4 is 11.1 Å². The number of primary amides is 1. The van der Waals surface area contributed by atoms with E-state index in [1.807, 2.05) is 36.5 Å². The minimum atomic E-state index is -0.265. The number of likely N-dealkylation sites (tertiary alicyclic amines) is 1. The van der Waals surface area contributed by atoms with Crippen LogP contribution in [0.1, 0.15) is 18.4 Å². The normalized spacial score (nSPS) is 15.1. The van der Waals surface area contributed by atoms with Crippen molar-refractivity contribution in [1.29, 1.82) is 0 Å². The molecule has 25 heavy (non-hydrogen) atoms. The molecular weight excluding hydrogens is 318 g/mol. The van der Waals surface area contributed by atoms with Gasteiger partial charge >= 0.3 is 6.03 Å². The number of benzene rings is 1. The largest absolute Gasteiger partial charge is 0.369 e. The molecule has 0 saturated carbocycles. The van der Waals surface area contributed by atoms with Crippen molar-refractivity contribution in [2.75, 3.05) is 19.6 Å². The number of hydrogen-bond donors (Lipinski definition) is 2. The molecule has 1 fully saturated rings. The van der Waals surface area contributed by atoms with Gasteiger partial charge < -0.3 is 16.0 Å². The van der Waals surface area contributed by atoms with Gasteiger partial charge in [0.1, 0.15) is 0 Å². The van der Waals surface area contributed by atoms with Crippen LogP contribution in [0.5, 0.6) is 0 Å². The fraction of sp³-hybridized carbons (Fsp3) is 0.389. The third-order valence-electron chi connectivity index (χ3n) is 4.58. The van der Waals surface area contributed by atoms with Gasteiger partial charge in [0.2, 0.25) is 5.91 Å². The van der Waals surface area contributed by atoms with Gasteiger partial charge in [0, 0.05) is 37.9 Å². The zero-order valence-electron chi connectivity index (χ0n) is 14.1. The van der Waals surface area contributed by atoms with E-state index < -0.39 is 0 Å². The first-order chi connectivity index (χ1) is 12.1. The second-order valence-electron chi connectivity index (χ2n) is 6.26. The molecule has 1 saturated heterocycles. The van der Waals surface area contributed by atoms with Gasteiger partial charge in [-0.1, -0.05) is 12.1 Å². The van der Waals surface area contributed by atoms with Crippen LogP contribution in [0.3, 0.4) is 0 Å². The lowest BCUT2D eigenvalue weighted by molar-refractivity contribution is -0.123. The van der Waals surface area contributed by atoms with Crippen LogP contribution in [-0.4, -0.2) is 46.3 Å². The Balaban J connectivity index is 1.42. The number of rotatable bonds is 5. The number of hydrogen-bond acceptors (Lipinski definition) is 3. The van der Waals surface area contributed by atoms with E-state index in [1.165, 1.54) is 0 Å². The van der Waals surface area contributed by atoms with E-state index in [9.17, 15) is 9.59 Å². The third kappa shape index (κ3) is 4.37. The maximum absolute atomic E-state index is 12.2. The Bertz CT molecular complexity index is 704. The highest BCUT2D eigenvalue weighted by Gasteiger charge is 2.25. The van der Waals surface area contributed by atoms with E-state index in [-0.39, 0.29) is 17.9 Å². The molecule has 2 aromatic rings. The number of urea groups is 1. The second kappa shape index (κ2) is 7.83. The molecule has 1 aromatic heterocycles. The SMILES string of the molecule is NC(=O)C1CCN(C(=O)NCCc2ccc(-n3cccn3)cc2)CC1. The molecule has 132 valence electrons. The van der Waals surface area contributed by atoms with Gasteiger partial charge in [0.25, 0.3) is 0 Å². The fourth-order valence-corrected chi connectivity index (χ4v) is 3.03. The minimum Gasteiger partial charge on any atom is -0.369 e. The summed E-state index contributed by atoms with van der Waals surface area (Å²) in [7, 11) is 0. The summed E-state index contributed by atoms with van der Waals surface area (Å²) in [5, 5.41) is 7.13. The van der Waals surface area contributed by atoms with Gasteiger partial charge in [-0.2, -0.15) is 5.10 Å².